The lowest BCUT2D eigenvalue weighted by Gasteiger charge is -2.10. The maximum atomic E-state index is 6.27. The Balaban J connectivity index is 1.55. The summed E-state index contributed by atoms with van der Waals surface area (Å²) in [7, 11) is 0. The normalized spacial score (nSPS) is 14.1. The van der Waals surface area contributed by atoms with Gasteiger partial charge in [0.15, 0.2) is 5.65 Å². The van der Waals surface area contributed by atoms with Gasteiger partial charge < -0.3 is 10.7 Å². The molecule has 3 heterocycles. The number of hydrogen-bond acceptors (Lipinski definition) is 4. The number of nitrogen functional groups attached to an aromatic ring is 1. The van der Waals surface area contributed by atoms with E-state index in [1.807, 2.05) is 16.8 Å². The van der Waals surface area contributed by atoms with Crippen LogP contribution in [0.4, 0.5) is 5.82 Å². The summed E-state index contributed by atoms with van der Waals surface area (Å²) in [5.41, 5.74) is 12.6. The Bertz CT molecular complexity index is 1290. The van der Waals surface area contributed by atoms with Crippen molar-refractivity contribution in [2.75, 3.05) is 5.73 Å². The number of nitrogens with two attached hydrogens (primary N) is 1. The van der Waals surface area contributed by atoms with E-state index in [1.165, 1.54) is 17.5 Å². The molecule has 0 bridgehead atoms. The van der Waals surface area contributed by atoms with Crippen LogP contribution in [0.5, 0.6) is 0 Å². The zero-order chi connectivity index (χ0) is 18.7. The fraction of sp³-hybridized carbons (Fsp3) is 0.136. The molecule has 0 saturated carbocycles. The van der Waals surface area contributed by atoms with E-state index >= 15 is 0 Å². The van der Waals surface area contributed by atoms with E-state index in [0.717, 1.165) is 46.2 Å². The Hall–Kier alpha value is -3.67. The largest absolute Gasteiger partial charge is 0.383 e. The summed E-state index contributed by atoms with van der Waals surface area (Å²) in [4.78, 5) is 12.2. The van der Waals surface area contributed by atoms with E-state index in [0.29, 0.717) is 5.82 Å². The maximum Gasteiger partial charge on any atom is 0.164 e. The fourth-order valence-corrected chi connectivity index (χ4v) is 4.35. The maximum absolute atomic E-state index is 6.27. The van der Waals surface area contributed by atoms with Crippen molar-refractivity contribution < 1.29 is 0 Å². The minimum Gasteiger partial charge on any atom is -0.383 e. The monoisotopic (exact) mass is 366 g/mol. The number of para-hydroxylation sites is 1. The molecule has 0 radical (unpaired) electrons. The third kappa shape index (κ3) is 2.18. The van der Waals surface area contributed by atoms with Crippen LogP contribution in [0.25, 0.3) is 33.3 Å². The van der Waals surface area contributed by atoms with E-state index in [-0.39, 0.29) is 6.04 Å². The Morgan fingerprint density at radius 3 is 2.50 bits per heavy atom. The van der Waals surface area contributed by atoms with Crippen LogP contribution in [0, 0.1) is 0 Å². The first-order valence-electron chi connectivity index (χ1n) is 9.41. The van der Waals surface area contributed by atoms with Crippen LogP contribution in [0.1, 0.15) is 17.2 Å². The summed E-state index contributed by atoms with van der Waals surface area (Å²) >= 11 is 0. The van der Waals surface area contributed by atoms with Crippen molar-refractivity contribution in [3.63, 3.8) is 0 Å². The molecule has 6 nitrogen and oxygen atoms in total. The van der Waals surface area contributed by atoms with Gasteiger partial charge in [-0.25, -0.2) is 14.6 Å². The number of aromatic amines is 1. The highest BCUT2D eigenvalue weighted by Gasteiger charge is 2.27. The van der Waals surface area contributed by atoms with Gasteiger partial charge in [0, 0.05) is 10.9 Å². The molecular weight excluding hydrogens is 348 g/mol. The molecular formula is C22H18N6. The van der Waals surface area contributed by atoms with Crippen LogP contribution in [0.2, 0.25) is 0 Å². The minimum atomic E-state index is 0.229. The van der Waals surface area contributed by atoms with Crippen molar-refractivity contribution in [1.82, 2.24) is 24.7 Å². The van der Waals surface area contributed by atoms with Crippen LogP contribution < -0.4 is 5.73 Å². The second-order valence-corrected chi connectivity index (χ2v) is 7.35. The standard InChI is InChI=1S/C22H18N6/c23-21-19-20(18-11-15-7-3-4-8-17(15)26-18)27-28(22(19)25-12-24-21)16-9-13-5-1-2-6-14(13)10-16/h1-8,11-12,16,26H,9-10H2,(H2,23,24,25). The van der Waals surface area contributed by atoms with Crippen molar-refractivity contribution in [1.29, 1.82) is 0 Å². The van der Waals surface area contributed by atoms with Crippen LogP contribution >= 0.6 is 0 Å². The minimum absolute atomic E-state index is 0.229. The number of rotatable bonds is 2. The number of hydrogen-bond donors (Lipinski definition) is 2. The Morgan fingerprint density at radius 2 is 1.71 bits per heavy atom. The fourth-order valence-electron chi connectivity index (χ4n) is 4.35. The number of anilines is 1. The lowest BCUT2D eigenvalue weighted by molar-refractivity contribution is 0.488. The van der Waals surface area contributed by atoms with E-state index < -0.39 is 0 Å². The molecule has 6 rings (SSSR count). The van der Waals surface area contributed by atoms with Gasteiger partial charge in [-0.15, -0.1) is 0 Å². The third-order valence-corrected chi connectivity index (χ3v) is 5.68. The molecule has 3 N–H and O–H groups in total. The highest BCUT2D eigenvalue weighted by molar-refractivity contribution is 5.99. The Morgan fingerprint density at radius 1 is 0.964 bits per heavy atom. The predicted octanol–water partition coefficient (Wildman–Crippen LogP) is 3.90. The van der Waals surface area contributed by atoms with Crippen LogP contribution in [-0.2, 0) is 12.8 Å². The van der Waals surface area contributed by atoms with E-state index in [1.54, 1.807) is 0 Å². The van der Waals surface area contributed by atoms with E-state index in [4.69, 9.17) is 10.8 Å². The van der Waals surface area contributed by atoms with Gasteiger partial charge >= 0.3 is 0 Å². The Kier molecular flexibility index (Phi) is 3.11. The summed E-state index contributed by atoms with van der Waals surface area (Å²) in [6.07, 6.45) is 3.42. The molecule has 1 aliphatic rings. The summed E-state index contributed by atoms with van der Waals surface area (Å²) in [6.45, 7) is 0. The smallest absolute Gasteiger partial charge is 0.164 e. The number of benzene rings is 2. The zero-order valence-corrected chi connectivity index (χ0v) is 15.1. The lowest BCUT2D eigenvalue weighted by Crippen LogP contribution is -2.11. The van der Waals surface area contributed by atoms with Crippen molar-refractivity contribution in [3.05, 3.63) is 72.1 Å². The van der Waals surface area contributed by atoms with Crippen molar-refractivity contribution in [2.45, 2.75) is 18.9 Å². The molecule has 5 aromatic rings. The zero-order valence-electron chi connectivity index (χ0n) is 15.1. The molecule has 28 heavy (non-hydrogen) atoms. The molecule has 0 amide bonds. The first-order chi connectivity index (χ1) is 13.8. The summed E-state index contributed by atoms with van der Waals surface area (Å²) in [5, 5.41) is 6.94. The molecule has 0 fully saturated rings. The number of nitrogens with one attached hydrogen (secondary N) is 1. The summed E-state index contributed by atoms with van der Waals surface area (Å²) in [6, 6.07) is 19.1. The van der Waals surface area contributed by atoms with Crippen LogP contribution in [0.3, 0.4) is 0 Å². The molecule has 0 spiro atoms. The van der Waals surface area contributed by atoms with Gasteiger partial charge in [0.1, 0.15) is 17.8 Å². The average Bonchev–Trinajstić information content (AvgIpc) is 3.42. The van der Waals surface area contributed by atoms with Gasteiger partial charge in [0.2, 0.25) is 0 Å². The molecule has 0 aliphatic heterocycles. The second-order valence-electron chi connectivity index (χ2n) is 7.35. The van der Waals surface area contributed by atoms with Crippen LogP contribution in [0.15, 0.2) is 60.9 Å². The highest BCUT2D eigenvalue weighted by atomic mass is 15.3. The van der Waals surface area contributed by atoms with Crippen molar-refractivity contribution in [2.24, 2.45) is 0 Å². The quantitative estimate of drug-likeness (QED) is 0.496. The van der Waals surface area contributed by atoms with E-state index in [9.17, 15) is 0 Å². The van der Waals surface area contributed by atoms with Gasteiger partial charge in [-0.05, 0) is 36.1 Å². The van der Waals surface area contributed by atoms with Crippen molar-refractivity contribution >= 4 is 27.8 Å². The average molecular weight is 366 g/mol. The molecule has 6 heteroatoms. The summed E-state index contributed by atoms with van der Waals surface area (Å²) in [5.74, 6) is 0.459. The first kappa shape index (κ1) is 15.4. The molecule has 1 aliphatic carbocycles. The van der Waals surface area contributed by atoms with Gasteiger partial charge in [0.25, 0.3) is 0 Å². The van der Waals surface area contributed by atoms with Gasteiger partial charge in [-0.1, -0.05) is 42.5 Å². The molecule has 136 valence electrons. The topological polar surface area (TPSA) is 85.4 Å². The number of nitrogens with zero attached hydrogens (tertiary/aromatic N) is 4. The number of fused-ring (bicyclic) bond motifs is 3. The molecule has 3 aromatic heterocycles. The summed E-state index contributed by atoms with van der Waals surface area (Å²) < 4.78 is 2.04. The first-order valence-corrected chi connectivity index (χ1v) is 9.41. The number of H-pyrrole nitrogens is 1. The van der Waals surface area contributed by atoms with Gasteiger partial charge in [-0.2, -0.15) is 5.10 Å². The molecule has 0 atom stereocenters. The predicted molar refractivity (Wildman–Crippen MR) is 110 cm³/mol. The van der Waals surface area contributed by atoms with E-state index in [2.05, 4.69) is 57.4 Å². The molecule has 2 aromatic carbocycles. The Labute approximate surface area is 161 Å². The van der Waals surface area contributed by atoms with Gasteiger partial charge in [0.05, 0.1) is 17.1 Å². The van der Waals surface area contributed by atoms with Crippen molar-refractivity contribution in [3.8, 4) is 11.4 Å². The molecule has 0 unspecified atom stereocenters. The van der Waals surface area contributed by atoms with Crippen LogP contribution in [-0.4, -0.2) is 24.7 Å². The van der Waals surface area contributed by atoms with Gasteiger partial charge in [-0.3, -0.25) is 0 Å². The lowest BCUT2D eigenvalue weighted by atomic mass is 10.1. The second kappa shape index (κ2) is 5.66. The number of aromatic nitrogens is 5. The third-order valence-electron chi connectivity index (χ3n) is 5.68. The molecule has 0 saturated heterocycles. The SMILES string of the molecule is Nc1ncnc2c1c(-c1cc3ccccc3[nH]1)nn2C1Cc2ccccc2C1. The highest BCUT2D eigenvalue weighted by Crippen LogP contribution is 2.36.